The van der Waals surface area contributed by atoms with E-state index in [1.54, 1.807) is 30.3 Å². The van der Waals surface area contributed by atoms with E-state index in [2.05, 4.69) is 21.2 Å². The summed E-state index contributed by atoms with van der Waals surface area (Å²) in [6, 6.07) is 10.2. The molecule has 0 atom stereocenters. The minimum absolute atomic E-state index is 0.0118. The number of nitrogens with one attached hydrogen (secondary N) is 1. The van der Waals surface area contributed by atoms with Crippen molar-refractivity contribution in [1.82, 2.24) is 0 Å². The van der Waals surface area contributed by atoms with Crippen molar-refractivity contribution in [2.75, 3.05) is 5.32 Å². The maximum absolute atomic E-state index is 13.5. The largest absolute Gasteiger partial charge is 0.319 e. The first-order chi connectivity index (χ1) is 8.58. The van der Waals surface area contributed by atoms with Gasteiger partial charge in [0.1, 0.15) is 11.6 Å². The van der Waals surface area contributed by atoms with Gasteiger partial charge in [-0.3, -0.25) is 4.79 Å². The van der Waals surface area contributed by atoms with Crippen LogP contribution in [0.25, 0.3) is 0 Å². The highest BCUT2D eigenvalue weighted by atomic mass is 79.9. The van der Waals surface area contributed by atoms with E-state index >= 15 is 0 Å². The van der Waals surface area contributed by atoms with Crippen LogP contribution in [-0.4, -0.2) is 5.91 Å². The fraction of sp³-hybridized carbons (Fsp3) is 0. The highest BCUT2D eigenvalue weighted by molar-refractivity contribution is 9.10. The maximum Gasteiger partial charge on any atom is 0.255 e. The highest BCUT2D eigenvalue weighted by Gasteiger charge is 2.12. The predicted molar refractivity (Wildman–Crippen MR) is 68.5 cm³/mol. The molecule has 18 heavy (non-hydrogen) atoms. The monoisotopic (exact) mass is 311 g/mol. The lowest BCUT2D eigenvalue weighted by molar-refractivity contribution is 0.102. The lowest BCUT2D eigenvalue weighted by Crippen LogP contribution is -2.13. The van der Waals surface area contributed by atoms with Gasteiger partial charge < -0.3 is 5.32 Å². The zero-order valence-electron chi connectivity index (χ0n) is 9.08. The van der Waals surface area contributed by atoms with E-state index in [1.165, 1.54) is 0 Å². The number of rotatable bonds is 2. The third kappa shape index (κ3) is 2.73. The average molecular weight is 312 g/mol. The van der Waals surface area contributed by atoms with Gasteiger partial charge in [-0.2, -0.15) is 0 Å². The summed E-state index contributed by atoms with van der Waals surface area (Å²) in [5.74, 6) is -1.83. The minimum Gasteiger partial charge on any atom is -0.319 e. The Morgan fingerprint density at radius 3 is 2.39 bits per heavy atom. The van der Waals surface area contributed by atoms with Crippen LogP contribution < -0.4 is 5.32 Å². The topological polar surface area (TPSA) is 29.1 Å². The molecule has 0 saturated carbocycles. The van der Waals surface area contributed by atoms with E-state index in [9.17, 15) is 13.6 Å². The molecule has 2 nitrogen and oxygen atoms in total. The van der Waals surface area contributed by atoms with E-state index in [4.69, 9.17) is 0 Å². The van der Waals surface area contributed by atoms with E-state index in [0.717, 1.165) is 12.1 Å². The zero-order chi connectivity index (χ0) is 13.1. The second-order valence-electron chi connectivity index (χ2n) is 3.57. The van der Waals surface area contributed by atoms with E-state index in [1.807, 2.05) is 0 Å². The van der Waals surface area contributed by atoms with Gasteiger partial charge >= 0.3 is 0 Å². The van der Waals surface area contributed by atoms with Gasteiger partial charge in [0.25, 0.3) is 5.91 Å². The van der Waals surface area contributed by atoms with Gasteiger partial charge in [-0.25, -0.2) is 8.78 Å². The van der Waals surface area contributed by atoms with Crippen molar-refractivity contribution >= 4 is 27.5 Å². The van der Waals surface area contributed by atoms with Gasteiger partial charge in [-0.1, -0.05) is 18.2 Å². The van der Waals surface area contributed by atoms with Crippen LogP contribution in [0.15, 0.2) is 46.9 Å². The summed E-state index contributed by atoms with van der Waals surface area (Å²) < 4.78 is 26.8. The number of halogens is 3. The summed E-state index contributed by atoms with van der Waals surface area (Å²) in [7, 11) is 0. The highest BCUT2D eigenvalue weighted by Crippen LogP contribution is 2.23. The Morgan fingerprint density at radius 2 is 1.72 bits per heavy atom. The van der Waals surface area contributed by atoms with Crippen LogP contribution in [0.2, 0.25) is 0 Å². The van der Waals surface area contributed by atoms with Crippen LogP contribution in [-0.2, 0) is 0 Å². The van der Waals surface area contributed by atoms with Crippen LogP contribution in [0.1, 0.15) is 10.4 Å². The van der Waals surface area contributed by atoms with Crippen molar-refractivity contribution in [3.63, 3.8) is 0 Å². The van der Waals surface area contributed by atoms with E-state index in [0.29, 0.717) is 5.56 Å². The molecular weight excluding hydrogens is 304 g/mol. The standard InChI is InChI=1S/C13H8BrF2NO/c14-9-6-11(16)12(7-10(9)15)17-13(18)8-4-2-1-3-5-8/h1-7H,(H,17,18). The Hall–Kier alpha value is -1.75. The lowest BCUT2D eigenvalue weighted by Gasteiger charge is -2.07. The molecule has 0 unspecified atom stereocenters. The van der Waals surface area contributed by atoms with Crippen LogP contribution in [0.3, 0.4) is 0 Å². The summed E-state index contributed by atoms with van der Waals surface area (Å²) in [5.41, 5.74) is 0.185. The first kappa shape index (κ1) is 12.7. The number of hydrogen-bond donors (Lipinski definition) is 1. The Kier molecular flexibility index (Phi) is 3.72. The maximum atomic E-state index is 13.5. The van der Waals surface area contributed by atoms with Crippen molar-refractivity contribution in [1.29, 1.82) is 0 Å². The second-order valence-corrected chi connectivity index (χ2v) is 4.42. The molecule has 0 spiro atoms. The average Bonchev–Trinajstić information content (AvgIpc) is 2.37. The summed E-state index contributed by atoms with van der Waals surface area (Å²) >= 11 is 2.86. The third-order valence-electron chi connectivity index (χ3n) is 2.29. The normalized spacial score (nSPS) is 10.2. The number of carbonyl (C=O) groups excluding carboxylic acids is 1. The molecule has 2 aromatic carbocycles. The molecule has 1 N–H and O–H groups in total. The fourth-order valence-electron chi connectivity index (χ4n) is 1.40. The molecule has 0 aliphatic heterocycles. The number of carbonyl (C=O) groups is 1. The summed E-state index contributed by atoms with van der Waals surface area (Å²) in [6.07, 6.45) is 0. The molecular formula is C13H8BrF2NO. The predicted octanol–water partition coefficient (Wildman–Crippen LogP) is 3.98. The van der Waals surface area contributed by atoms with Gasteiger partial charge in [0, 0.05) is 11.6 Å². The Morgan fingerprint density at radius 1 is 1.06 bits per heavy atom. The van der Waals surface area contributed by atoms with Crippen LogP contribution in [0.4, 0.5) is 14.5 Å². The number of benzene rings is 2. The molecule has 2 rings (SSSR count). The molecule has 0 saturated heterocycles. The molecule has 92 valence electrons. The first-order valence-corrected chi connectivity index (χ1v) is 5.88. The first-order valence-electron chi connectivity index (χ1n) is 5.09. The lowest BCUT2D eigenvalue weighted by atomic mass is 10.2. The van der Waals surface area contributed by atoms with Gasteiger partial charge in [-0.05, 0) is 34.1 Å². The van der Waals surface area contributed by atoms with Crippen LogP contribution in [0, 0.1) is 11.6 Å². The van der Waals surface area contributed by atoms with Crippen molar-refractivity contribution in [2.24, 2.45) is 0 Å². The SMILES string of the molecule is O=C(Nc1cc(F)c(Br)cc1F)c1ccccc1. The third-order valence-corrected chi connectivity index (χ3v) is 2.90. The Labute approximate surface area is 111 Å². The second kappa shape index (κ2) is 5.27. The molecule has 0 aromatic heterocycles. The molecule has 2 aromatic rings. The fourth-order valence-corrected chi connectivity index (χ4v) is 1.72. The number of hydrogen-bond acceptors (Lipinski definition) is 1. The number of anilines is 1. The van der Waals surface area contributed by atoms with Crippen molar-refractivity contribution in [2.45, 2.75) is 0 Å². The van der Waals surface area contributed by atoms with Crippen molar-refractivity contribution in [3.8, 4) is 0 Å². The Balaban J connectivity index is 2.25. The van der Waals surface area contributed by atoms with E-state index < -0.39 is 17.5 Å². The van der Waals surface area contributed by atoms with Crippen LogP contribution >= 0.6 is 15.9 Å². The minimum atomic E-state index is -0.701. The molecule has 0 aliphatic rings. The Bertz CT molecular complexity index is 587. The van der Waals surface area contributed by atoms with Gasteiger partial charge in [0.2, 0.25) is 0 Å². The molecule has 0 heterocycles. The van der Waals surface area contributed by atoms with Crippen LogP contribution in [0.5, 0.6) is 0 Å². The zero-order valence-corrected chi connectivity index (χ0v) is 10.7. The summed E-state index contributed by atoms with van der Waals surface area (Å²) in [5, 5.41) is 2.32. The quantitative estimate of drug-likeness (QED) is 0.835. The van der Waals surface area contributed by atoms with Crippen molar-refractivity contribution < 1.29 is 13.6 Å². The number of amides is 1. The molecule has 0 aliphatic carbocycles. The summed E-state index contributed by atoms with van der Waals surface area (Å²) in [6.45, 7) is 0. The van der Waals surface area contributed by atoms with Crippen molar-refractivity contribution in [3.05, 3.63) is 64.1 Å². The van der Waals surface area contributed by atoms with Gasteiger partial charge in [0.05, 0.1) is 10.2 Å². The molecule has 5 heteroatoms. The van der Waals surface area contributed by atoms with E-state index in [-0.39, 0.29) is 10.2 Å². The molecule has 0 bridgehead atoms. The molecule has 0 radical (unpaired) electrons. The van der Waals surface area contributed by atoms with Gasteiger partial charge in [-0.15, -0.1) is 0 Å². The molecule has 0 fully saturated rings. The van der Waals surface area contributed by atoms with Gasteiger partial charge in [0.15, 0.2) is 0 Å². The smallest absolute Gasteiger partial charge is 0.255 e. The molecule has 1 amide bonds. The summed E-state index contributed by atoms with van der Waals surface area (Å²) in [4.78, 5) is 11.8.